The van der Waals surface area contributed by atoms with Crippen LogP contribution in [0.1, 0.15) is 29.2 Å². The highest BCUT2D eigenvalue weighted by Crippen LogP contribution is 2.31. The summed E-state index contributed by atoms with van der Waals surface area (Å²) >= 11 is 0. The van der Waals surface area contributed by atoms with E-state index in [1.54, 1.807) is 0 Å². The molecule has 0 atom stereocenters. The van der Waals surface area contributed by atoms with Crippen LogP contribution in [0.4, 0.5) is 0 Å². The van der Waals surface area contributed by atoms with Gasteiger partial charge in [0.25, 0.3) is 0 Å². The molecule has 1 heteroatoms. The second-order valence-electron chi connectivity index (χ2n) is 5.12. The summed E-state index contributed by atoms with van der Waals surface area (Å²) in [5, 5.41) is 0. The maximum atomic E-state index is 5.75. The third-order valence-electron chi connectivity index (χ3n) is 3.54. The molecule has 0 spiro atoms. The van der Waals surface area contributed by atoms with Crippen molar-refractivity contribution in [3.63, 3.8) is 0 Å². The van der Waals surface area contributed by atoms with Gasteiger partial charge in [-0.3, -0.25) is 0 Å². The van der Waals surface area contributed by atoms with Crippen molar-refractivity contribution in [1.29, 1.82) is 0 Å². The van der Waals surface area contributed by atoms with Gasteiger partial charge in [0.1, 0.15) is 7.85 Å². The normalized spacial score (nSPS) is 11.4. The van der Waals surface area contributed by atoms with Crippen LogP contribution in [0.5, 0.6) is 0 Å². The Morgan fingerprint density at radius 3 is 2.25 bits per heavy atom. The number of benzene rings is 2. The Hall–Kier alpha value is -2.02. The molecule has 0 fully saturated rings. The fourth-order valence-electron chi connectivity index (χ4n) is 2.48. The van der Waals surface area contributed by atoms with Crippen LogP contribution in [-0.4, -0.2) is 7.85 Å². The molecule has 0 amide bonds. The van der Waals surface area contributed by atoms with E-state index in [1.807, 2.05) is 31.2 Å². The van der Waals surface area contributed by atoms with Gasteiger partial charge in [-0.2, -0.15) is 0 Å². The molecule has 0 aliphatic carbocycles. The van der Waals surface area contributed by atoms with Crippen LogP contribution in [0.2, 0.25) is 0 Å². The molecule has 0 aliphatic heterocycles. The fraction of sp³-hybridized carbons (Fsp3) is 0.158. The van der Waals surface area contributed by atoms with E-state index in [9.17, 15) is 0 Å². The molecule has 2 rings (SSSR count). The first kappa shape index (κ1) is 14.4. The monoisotopic (exact) mass is 258 g/mol. The average Bonchev–Trinajstić information content (AvgIpc) is 2.41. The lowest BCUT2D eigenvalue weighted by Crippen LogP contribution is -2.01. The minimum absolute atomic E-state index is 0.779. The average molecular weight is 258 g/mol. The molecule has 0 unspecified atom stereocenters. The van der Waals surface area contributed by atoms with Crippen LogP contribution < -0.4 is 5.46 Å². The third kappa shape index (κ3) is 2.93. The van der Waals surface area contributed by atoms with Gasteiger partial charge in [-0.05, 0) is 48.6 Å². The topological polar surface area (TPSA) is 0 Å². The first-order valence-corrected chi connectivity index (χ1v) is 6.82. The van der Waals surface area contributed by atoms with E-state index < -0.39 is 0 Å². The zero-order valence-corrected chi connectivity index (χ0v) is 12.4. The van der Waals surface area contributed by atoms with Crippen LogP contribution in [0.3, 0.4) is 0 Å². The van der Waals surface area contributed by atoms with Gasteiger partial charge in [0.15, 0.2) is 0 Å². The van der Waals surface area contributed by atoms with Crippen LogP contribution in [0.15, 0.2) is 55.1 Å². The van der Waals surface area contributed by atoms with E-state index >= 15 is 0 Å². The molecule has 98 valence electrons. The minimum atomic E-state index is 0.779. The standard InChI is InChI=1S/C19H19B/c1-5-18(16-7-9-17(20)10-8-16)15(4)19-11-6-13(2)12-14(19)3/h5-12H,4H2,1-3H3/b18-5+. The second-order valence-corrected chi connectivity index (χ2v) is 5.12. The lowest BCUT2D eigenvalue weighted by Gasteiger charge is -2.14. The maximum absolute atomic E-state index is 5.75. The smallest absolute Gasteiger partial charge is 0.0966 e. The third-order valence-corrected chi connectivity index (χ3v) is 3.54. The number of aryl methyl sites for hydroxylation is 2. The van der Waals surface area contributed by atoms with Crippen LogP contribution in [0.25, 0.3) is 11.1 Å². The Bertz CT molecular complexity index is 661. The fourth-order valence-corrected chi connectivity index (χ4v) is 2.48. The quantitative estimate of drug-likeness (QED) is 0.571. The maximum Gasteiger partial charge on any atom is 0.113 e. The largest absolute Gasteiger partial charge is 0.113 e. The summed E-state index contributed by atoms with van der Waals surface area (Å²) in [5.74, 6) is 0. The molecule has 0 N–H and O–H groups in total. The summed E-state index contributed by atoms with van der Waals surface area (Å²) < 4.78 is 0. The predicted molar refractivity (Wildman–Crippen MR) is 90.4 cm³/mol. The summed E-state index contributed by atoms with van der Waals surface area (Å²) in [6.45, 7) is 10.6. The van der Waals surface area contributed by atoms with Crippen molar-refractivity contribution < 1.29 is 0 Å². The Kier molecular flexibility index (Phi) is 4.29. The molecule has 2 aromatic carbocycles. The summed E-state index contributed by atoms with van der Waals surface area (Å²) in [7, 11) is 5.75. The molecular formula is C19H19B. The first-order chi connectivity index (χ1) is 9.52. The zero-order chi connectivity index (χ0) is 14.7. The van der Waals surface area contributed by atoms with E-state index in [2.05, 4.69) is 44.7 Å². The molecule has 0 bridgehead atoms. The lowest BCUT2D eigenvalue weighted by molar-refractivity contribution is 1.36. The van der Waals surface area contributed by atoms with Crippen molar-refractivity contribution in [2.24, 2.45) is 0 Å². The molecule has 2 radical (unpaired) electrons. The zero-order valence-electron chi connectivity index (χ0n) is 12.4. The van der Waals surface area contributed by atoms with E-state index in [4.69, 9.17) is 7.85 Å². The summed E-state index contributed by atoms with van der Waals surface area (Å²) in [4.78, 5) is 0. The van der Waals surface area contributed by atoms with E-state index in [1.165, 1.54) is 16.7 Å². The molecule has 0 aliphatic rings. The SMILES string of the molecule is [B]c1ccc(/C(=C/C)C(=C)c2ccc(C)cc2C)cc1. The van der Waals surface area contributed by atoms with Gasteiger partial charge in [-0.1, -0.05) is 66.1 Å². The molecule has 20 heavy (non-hydrogen) atoms. The van der Waals surface area contributed by atoms with Crippen LogP contribution in [0, 0.1) is 13.8 Å². The van der Waals surface area contributed by atoms with Gasteiger partial charge in [-0.15, -0.1) is 0 Å². The van der Waals surface area contributed by atoms with Crippen molar-refractivity contribution in [3.8, 4) is 0 Å². The van der Waals surface area contributed by atoms with Crippen molar-refractivity contribution in [2.45, 2.75) is 20.8 Å². The summed E-state index contributed by atoms with van der Waals surface area (Å²) in [6.07, 6.45) is 2.10. The van der Waals surface area contributed by atoms with E-state index in [-0.39, 0.29) is 0 Å². The predicted octanol–water partition coefficient (Wildman–Crippen LogP) is 4.21. The highest BCUT2D eigenvalue weighted by atomic mass is 14.1. The Morgan fingerprint density at radius 1 is 1.05 bits per heavy atom. The first-order valence-electron chi connectivity index (χ1n) is 6.82. The number of hydrogen-bond acceptors (Lipinski definition) is 0. The van der Waals surface area contributed by atoms with Crippen molar-refractivity contribution in [2.75, 3.05) is 0 Å². The van der Waals surface area contributed by atoms with Crippen LogP contribution >= 0.6 is 0 Å². The number of hydrogen-bond donors (Lipinski definition) is 0. The van der Waals surface area contributed by atoms with E-state index in [0.717, 1.165) is 22.2 Å². The second kappa shape index (κ2) is 5.96. The van der Waals surface area contributed by atoms with Gasteiger partial charge in [0, 0.05) is 0 Å². The van der Waals surface area contributed by atoms with Crippen molar-refractivity contribution >= 4 is 24.5 Å². The number of rotatable bonds is 3. The summed E-state index contributed by atoms with van der Waals surface area (Å²) in [5.41, 5.74) is 7.85. The Morgan fingerprint density at radius 2 is 1.70 bits per heavy atom. The van der Waals surface area contributed by atoms with Gasteiger partial charge in [0.2, 0.25) is 0 Å². The van der Waals surface area contributed by atoms with E-state index in [0.29, 0.717) is 0 Å². The van der Waals surface area contributed by atoms with Crippen molar-refractivity contribution in [3.05, 3.63) is 77.4 Å². The van der Waals surface area contributed by atoms with Crippen LogP contribution in [-0.2, 0) is 0 Å². The highest BCUT2D eigenvalue weighted by molar-refractivity contribution is 6.32. The lowest BCUT2D eigenvalue weighted by atomic mass is 9.88. The minimum Gasteiger partial charge on any atom is -0.0966 e. The molecule has 0 heterocycles. The molecule has 0 aromatic heterocycles. The molecular weight excluding hydrogens is 239 g/mol. The molecule has 0 saturated carbocycles. The Labute approximate surface area is 123 Å². The molecule has 0 saturated heterocycles. The highest BCUT2D eigenvalue weighted by Gasteiger charge is 2.09. The van der Waals surface area contributed by atoms with Gasteiger partial charge in [0.05, 0.1) is 0 Å². The van der Waals surface area contributed by atoms with Gasteiger partial charge < -0.3 is 0 Å². The number of allylic oxidation sites excluding steroid dienone is 3. The summed E-state index contributed by atoms with van der Waals surface area (Å²) in [6, 6.07) is 14.4. The Balaban J connectivity index is 2.42. The molecule has 0 nitrogen and oxygen atoms in total. The van der Waals surface area contributed by atoms with Gasteiger partial charge in [-0.25, -0.2) is 0 Å². The van der Waals surface area contributed by atoms with Crippen molar-refractivity contribution in [1.82, 2.24) is 0 Å². The van der Waals surface area contributed by atoms with Gasteiger partial charge >= 0.3 is 0 Å². The molecule has 2 aromatic rings.